The second-order valence-corrected chi connectivity index (χ2v) is 4.94. The first-order valence-corrected chi connectivity index (χ1v) is 5.83. The lowest BCUT2D eigenvalue weighted by atomic mass is 10.2. The maximum absolute atomic E-state index is 5.82. The third-order valence-corrected chi connectivity index (χ3v) is 2.72. The molecule has 1 aliphatic rings. The van der Waals surface area contributed by atoms with Gasteiger partial charge in [-0.2, -0.15) is 0 Å². The Kier molecular flexibility index (Phi) is 3.14. The lowest BCUT2D eigenvalue weighted by molar-refractivity contribution is 0.495. The Morgan fingerprint density at radius 2 is 2.20 bits per heavy atom. The van der Waals surface area contributed by atoms with Crippen molar-refractivity contribution in [3.05, 3.63) is 5.89 Å². The van der Waals surface area contributed by atoms with Crippen molar-refractivity contribution in [2.45, 2.75) is 44.5 Å². The van der Waals surface area contributed by atoms with Crippen molar-refractivity contribution >= 4 is 17.6 Å². The molecular formula is C10H16ClN3O. The molecule has 15 heavy (non-hydrogen) atoms. The summed E-state index contributed by atoms with van der Waals surface area (Å²) in [4.78, 5) is 0. The van der Waals surface area contributed by atoms with Gasteiger partial charge in [0.05, 0.1) is 0 Å². The average molecular weight is 230 g/mol. The molecule has 0 saturated heterocycles. The number of hydrogen-bond acceptors (Lipinski definition) is 4. The number of nitrogens with one attached hydrogen (secondary N) is 1. The monoisotopic (exact) mass is 229 g/mol. The summed E-state index contributed by atoms with van der Waals surface area (Å²) >= 11 is 5.82. The van der Waals surface area contributed by atoms with Gasteiger partial charge < -0.3 is 9.73 Å². The molecule has 0 bridgehead atoms. The molecule has 1 saturated carbocycles. The van der Waals surface area contributed by atoms with Gasteiger partial charge in [-0.15, -0.1) is 16.7 Å². The summed E-state index contributed by atoms with van der Waals surface area (Å²) in [5.74, 6) is 1.36. The topological polar surface area (TPSA) is 51.0 Å². The molecule has 2 atom stereocenters. The number of nitrogens with zero attached hydrogens (tertiary/aromatic N) is 2. The number of alkyl halides is 1. The fourth-order valence-corrected chi connectivity index (χ4v) is 1.67. The highest BCUT2D eigenvalue weighted by Gasteiger charge is 2.24. The van der Waals surface area contributed by atoms with Gasteiger partial charge in [-0.05, 0) is 26.2 Å². The summed E-state index contributed by atoms with van der Waals surface area (Å²) in [6.45, 7) is 3.94. The van der Waals surface area contributed by atoms with Crippen molar-refractivity contribution in [2.75, 3.05) is 5.32 Å². The van der Waals surface area contributed by atoms with Crippen LogP contribution in [0.25, 0.3) is 0 Å². The Bertz CT molecular complexity index is 322. The van der Waals surface area contributed by atoms with Crippen LogP contribution >= 0.6 is 11.6 Å². The summed E-state index contributed by atoms with van der Waals surface area (Å²) in [7, 11) is 0. The molecule has 0 aromatic carbocycles. The zero-order chi connectivity index (χ0) is 10.8. The summed E-state index contributed by atoms with van der Waals surface area (Å²) in [6.07, 6.45) is 3.90. The van der Waals surface area contributed by atoms with Crippen LogP contribution < -0.4 is 5.32 Å². The third-order valence-electron chi connectivity index (χ3n) is 2.53. The van der Waals surface area contributed by atoms with Crippen molar-refractivity contribution in [1.29, 1.82) is 0 Å². The van der Waals surface area contributed by atoms with E-state index in [1.807, 2.05) is 6.92 Å². The van der Waals surface area contributed by atoms with Gasteiger partial charge in [-0.3, -0.25) is 0 Å². The predicted octanol–water partition coefficient (Wildman–Crippen LogP) is 2.97. The summed E-state index contributed by atoms with van der Waals surface area (Å²) in [6, 6.07) is 0.863. The van der Waals surface area contributed by atoms with Crippen LogP contribution in [-0.2, 0) is 0 Å². The van der Waals surface area contributed by atoms with Crippen LogP contribution in [0.4, 0.5) is 6.01 Å². The van der Waals surface area contributed by atoms with Gasteiger partial charge in [0.25, 0.3) is 0 Å². The standard InChI is InChI=1S/C10H16ClN3O/c1-6(5-8-3-4-8)12-10-14-13-9(15-10)7(2)11/h6-8H,3-5H2,1-2H3,(H,12,14). The van der Waals surface area contributed by atoms with Crippen molar-refractivity contribution in [3.63, 3.8) is 0 Å². The number of rotatable bonds is 5. The van der Waals surface area contributed by atoms with Crippen LogP contribution in [0.2, 0.25) is 0 Å². The number of anilines is 1. The first kappa shape index (κ1) is 10.7. The largest absolute Gasteiger partial charge is 0.406 e. The summed E-state index contributed by atoms with van der Waals surface area (Å²) < 4.78 is 5.35. The number of aromatic nitrogens is 2. The molecule has 2 rings (SSSR count). The van der Waals surface area contributed by atoms with E-state index < -0.39 is 0 Å². The SMILES string of the molecule is CC(CC1CC1)Nc1nnc(C(C)Cl)o1. The van der Waals surface area contributed by atoms with E-state index in [9.17, 15) is 0 Å². The van der Waals surface area contributed by atoms with Crippen LogP contribution in [-0.4, -0.2) is 16.2 Å². The lowest BCUT2D eigenvalue weighted by Crippen LogP contribution is -2.15. The minimum Gasteiger partial charge on any atom is -0.406 e. The molecule has 1 aliphatic carbocycles. The Morgan fingerprint density at radius 3 is 2.73 bits per heavy atom. The highest BCUT2D eigenvalue weighted by atomic mass is 35.5. The first-order chi connectivity index (χ1) is 7.15. The molecule has 1 N–H and O–H groups in total. The molecule has 0 radical (unpaired) electrons. The van der Waals surface area contributed by atoms with Crippen molar-refractivity contribution in [1.82, 2.24) is 10.2 Å². The fourth-order valence-electron chi connectivity index (χ4n) is 1.58. The van der Waals surface area contributed by atoms with Gasteiger partial charge in [0.2, 0.25) is 5.89 Å². The van der Waals surface area contributed by atoms with E-state index in [0.29, 0.717) is 17.9 Å². The molecule has 4 nitrogen and oxygen atoms in total. The van der Waals surface area contributed by atoms with Gasteiger partial charge in [0.15, 0.2) is 0 Å². The van der Waals surface area contributed by atoms with E-state index in [0.717, 1.165) is 5.92 Å². The van der Waals surface area contributed by atoms with E-state index >= 15 is 0 Å². The lowest BCUT2D eigenvalue weighted by Gasteiger charge is -2.10. The Balaban J connectivity index is 1.85. The quantitative estimate of drug-likeness (QED) is 0.789. The molecule has 2 unspecified atom stereocenters. The van der Waals surface area contributed by atoms with E-state index in [2.05, 4.69) is 22.4 Å². The average Bonchev–Trinajstić information content (AvgIpc) is 2.82. The Labute approximate surface area is 94.4 Å². The van der Waals surface area contributed by atoms with Crippen LogP contribution in [0.1, 0.15) is 44.4 Å². The second-order valence-electron chi connectivity index (χ2n) is 4.29. The van der Waals surface area contributed by atoms with Crippen LogP contribution in [0, 0.1) is 5.92 Å². The van der Waals surface area contributed by atoms with E-state index in [1.54, 1.807) is 0 Å². The van der Waals surface area contributed by atoms with Gasteiger partial charge in [0.1, 0.15) is 5.38 Å². The molecular weight excluding hydrogens is 214 g/mol. The first-order valence-electron chi connectivity index (χ1n) is 5.39. The Morgan fingerprint density at radius 1 is 1.47 bits per heavy atom. The van der Waals surface area contributed by atoms with Gasteiger partial charge in [-0.1, -0.05) is 17.9 Å². The van der Waals surface area contributed by atoms with Gasteiger partial charge in [0, 0.05) is 6.04 Å². The fraction of sp³-hybridized carbons (Fsp3) is 0.800. The van der Waals surface area contributed by atoms with Gasteiger partial charge >= 0.3 is 6.01 Å². The van der Waals surface area contributed by atoms with E-state index in [-0.39, 0.29) is 5.38 Å². The number of halogens is 1. The number of hydrogen-bond donors (Lipinski definition) is 1. The maximum Gasteiger partial charge on any atom is 0.315 e. The molecule has 1 heterocycles. The van der Waals surface area contributed by atoms with E-state index in [1.165, 1.54) is 19.3 Å². The minimum atomic E-state index is -0.230. The third kappa shape index (κ3) is 3.09. The van der Waals surface area contributed by atoms with Crippen molar-refractivity contribution in [2.24, 2.45) is 5.92 Å². The molecule has 5 heteroatoms. The highest BCUT2D eigenvalue weighted by Crippen LogP contribution is 2.34. The molecule has 1 aromatic heterocycles. The molecule has 0 amide bonds. The molecule has 84 valence electrons. The predicted molar refractivity (Wildman–Crippen MR) is 59.0 cm³/mol. The normalized spacial score (nSPS) is 19.9. The van der Waals surface area contributed by atoms with Gasteiger partial charge in [-0.25, -0.2) is 0 Å². The molecule has 1 aromatic rings. The zero-order valence-electron chi connectivity index (χ0n) is 9.03. The zero-order valence-corrected chi connectivity index (χ0v) is 9.79. The highest BCUT2D eigenvalue weighted by molar-refractivity contribution is 6.20. The smallest absolute Gasteiger partial charge is 0.315 e. The van der Waals surface area contributed by atoms with E-state index in [4.69, 9.17) is 16.0 Å². The van der Waals surface area contributed by atoms with Crippen molar-refractivity contribution < 1.29 is 4.42 Å². The van der Waals surface area contributed by atoms with Crippen LogP contribution in [0.5, 0.6) is 0 Å². The minimum absolute atomic E-state index is 0.230. The summed E-state index contributed by atoms with van der Waals surface area (Å²) in [5, 5.41) is 10.7. The second kappa shape index (κ2) is 4.39. The molecule has 0 aliphatic heterocycles. The van der Waals surface area contributed by atoms with Crippen molar-refractivity contribution in [3.8, 4) is 0 Å². The van der Waals surface area contributed by atoms with Crippen LogP contribution in [0.3, 0.4) is 0 Å². The van der Waals surface area contributed by atoms with Crippen LogP contribution in [0.15, 0.2) is 4.42 Å². The molecule has 0 spiro atoms. The molecule has 1 fully saturated rings. The maximum atomic E-state index is 5.82. The Hall–Kier alpha value is -0.770. The summed E-state index contributed by atoms with van der Waals surface area (Å²) in [5.41, 5.74) is 0.